The van der Waals surface area contributed by atoms with Crippen LogP contribution in [0.25, 0.3) is 10.9 Å². The number of hydrogen-bond donors (Lipinski definition) is 2. The van der Waals surface area contributed by atoms with Crippen molar-refractivity contribution < 1.29 is 24.0 Å². The van der Waals surface area contributed by atoms with E-state index < -0.39 is 0 Å². The van der Waals surface area contributed by atoms with Gasteiger partial charge in [-0.15, -0.1) is 0 Å². The number of nitrogens with one attached hydrogen (secondary N) is 2. The Balaban J connectivity index is 0.000000356. The van der Waals surface area contributed by atoms with Crippen LogP contribution in [0.1, 0.15) is 97.5 Å². The molecule has 46 heavy (non-hydrogen) atoms. The van der Waals surface area contributed by atoms with Gasteiger partial charge >= 0.3 is 0 Å². The molecule has 0 radical (unpaired) electrons. The molecule has 0 aliphatic carbocycles. The first-order valence-electron chi connectivity index (χ1n) is 16.9. The number of unbranched alkanes of at least 4 members (excludes halogenated alkanes) is 3. The van der Waals surface area contributed by atoms with Gasteiger partial charge in [-0.25, -0.2) is 0 Å². The zero-order chi connectivity index (χ0) is 34.5. The van der Waals surface area contributed by atoms with E-state index in [1.807, 2.05) is 36.2 Å². The van der Waals surface area contributed by atoms with Crippen molar-refractivity contribution in [3.8, 4) is 0 Å². The van der Waals surface area contributed by atoms with Crippen molar-refractivity contribution in [2.45, 2.75) is 105 Å². The van der Waals surface area contributed by atoms with Gasteiger partial charge in [-0.2, -0.15) is 4.73 Å². The number of carbonyl (C=O) groups is 4. The summed E-state index contributed by atoms with van der Waals surface area (Å²) in [7, 11) is 3.22. The predicted octanol–water partition coefficient (Wildman–Crippen LogP) is 5.42. The molecule has 2 saturated heterocycles. The topological polar surface area (TPSA) is 113 Å². The Bertz CT molecular complexity index is 1240. The predicted molar refractivity (Wildman–Crippen MR) is 186 cm³/mol. The van der Waals surface area contributed by atoms with Crippen molar-refractivity contribution in [3.05, 3.63) is 48.3 Å². The molecular weight excluding hydrogens is 582 g/mol. The summed E-state index contributed by atoms with van der Waals surface area (Å²) in [6.45, 7) is 15.4. The summed E-state index contributed by atoms with van der Waals surface area (Å²) in [5, 5.41) is 6.66. The summed E-state index contributed by atoms with van der Waals surface area (Å²) in [6.07, 6.45) is 12.3. The van der Waals surface area contributed by atoms with E-state index in [0.29, 0.717) is 18.7 Å². The van der Waals surface area contributed by atoms with Gasteiger partial charge < -0.3 is 25.3 Å². The zero-order valence-electron chi connectivity index (χ0n) is 29.5. The molecule has 2 aliphatic heterocycles. The third kappa shape index (κ3) is 14.1. The molecule has 2 fully saturated rings. The molecule has 1 aromatic carbocycles. The van der Waals surface area contributed by atoms with Crippen LogP contribution in [-0.4, -0.2) is 84.4 Å². The molecule has 2 aromatic rings. The van der Waals surface area contributed by atoms with E-state index in [0.717, 1.165) is 49.9 Å². The number of aryl methyl sites for hydroxylation is 1. The average Bonchev–Trinajstić information content (AvgIpc) is 3.41. The van der Waals surface area contributed by atoms with Crippen LogP contribution in [0.3, 0.4) is 0 Å². The average molecular weight is 642 g/mol. The van der Waals surface area contributed by atoms with E-state index in [1.165, 1.54) is 41.5 Å². The van der Waals surface area contributed by atoms with Crippen LogP contribution in [0, 0.1) is 6.92 Å². The van der Waals surface area contributed by atoms with Gasteiger partial charge in [0.05, 0.1) is 25.2 Å². The lowest BCUT2D eigenvalue weighted by Crippen LogP contribution is -2.53. The minimum atomic E-state index is -0.305. The van der Waals surface area contributed by atoms with Crippen LogP contribution in [0.15, 0.2) is 42.7 Å². The minimum Gasteiger partial charge on any atom is -0.417 e. The number of hydrogen-bond acceptors (Lipinski definition) is 6. The minimum absolute atomic E-state index is 0.0224. The molecule has 10 heteroatoms. The van der Waals surface area contributed by atoms with Gasteiger partial charge in [-0.3, -0.25) is 19.2 Å². The maximum absolute atomic E-state index is 12.3. The molecule has 0 bridgehead atoms. The van der Waals surface area contributed by atoms with Crippen LogP contribution in [0.4, 0.5) is 0 Å². The molecular formula is C36H59N5O5. The Morgan fingerprint density at radius 1 is 0.978 bits per heavy atom. The van der Waals surface area contributed by atoms with Gasteiger partial charge in [0.1, 0.15) is 18.9 Å². The Morgan fingerprint density at radius 3 is 2.30 bits per heavy atom. The Labute approximate surface area is 276 Å². The van der Waals surface area contributed by atoms with E-state index >= 15 is 0 Å². The SMILES string of the molecule is C=C1CNC(=O)CN(C)C(=O)CNC(=O)C2CCCCN12.CCCC.CCCCCC(=O)CC.COn1cc(C)c2ccccc21. The van der Waals surface area contributed by atoms with Gasteiger partial charge in [0, 0.05) is 43.7 Å². The van der Waals surface area contributed by atoms with Crippen molar-refractivity contribution in [1.82, 2.24) is 25.2 Å². The van der Waals surface area contributed by atoms with E-state index in [2.05, 4.69) is 51.0 Å². The normalized spacial score (nSPS) is 16.9. The molecule has 1 atom stereocenters. The van der Waals surface area contributed by atoms with Crippen LogP contribution in [-0.2, 0) is 19.2 Å². The van der Waals surface area contributed by atoms with Crippen molar-refractivity contribution >= 4 is 34.4 Å². The van der Waals surface area contributed by atoms with E-state index in [-0.39, 0.29) is 36.9 Å². The third-order valence-corrected chi connectivity index (χ3v) is 7.95. The van der Waals surface area contributed by atoms with Gasteiger partial charge in [0.25, 0.3) is 0 Å². The number of benzene rings is 1. The van der Waals surface area contributed by atoms with E-state index in [1.54, 1.807) is 18.9 Å². The van der Waals surface area contributed by atoms with Crippen molar-refractivity contribution in [2.75, 3.05) is 40.3 Å². The van der Waals surface area contributed by atoms with Crippen molar-refractivity contribution in [2.24, 2.45) is 0 Å². The molecule has 3 heterocycles. The molecule has 1 unspecified atom stereocenters. The highest BCUT2D eigenvalue weighted by atomic mass is 16.6. The fraction of sp³-hybridized carbons (Fsp3) is 0.611. The fourth-order valence-electron chi connectivity index (χ4n) is 4.87. The molecule has 2 N–H and O–H groups in total. The quantitative estimate of drug-likeness (QED) is 0.391. The zero-order valence-corrected chi connectivity index (χ0v) is 29.5. The fourth-order valence-corrected chi connectivity index (χ4v) is 4.87. The summed E-state index contributed by atoms with van der Waals surface area (Å²) in [6, 6.07) is 7.89. The number of nitrogens with zero attached hydrogens (tertiary/aromatic N) is 3. The van der Waals surface area contributed by atoms with Gasteiger partial charge in [0.15, 0.2) is 0 Å². The molecule has 1 aromatic heterocycles. The number of piperidine rings is 1. The summed E-state index contributed by atoms with van der Waals surface area (Å²) in [4.78, 5) is 55.0. The monoisotopic (exact) mass is 641 g/mol. The van der Waals surface area contributed by atoms with Gasteiger partial charge in [-0.05, 0) is 44.2 Å². The van der Waals surface area contributed by atoms with Crippen LogP contribution < -0.4 is 15.5 Å². The molecule has 0 saturated carbocycles. The van der Waals surface area contributed by atoms with Crippen LogP contribution in [0.2, 0.25) is 0 Å². The van der Waals surface area contributed by atoms with Crippen molar-refractivity contribution in [3.63, 3.8) is 0 Å². The third-order valence-electron chi connectivity index (χ3n) is 7.95. The number of likely N-dealkylation sites (N-methyl/N-ethyl adjacent to an activating group) is 1. The Morgan fingerprint density at radius 2 is 1.67 bits per heavy atom. The number of Topliss-reactive ketones (excluding diaryl/α,β-unsaturated/α-hetero) is 1. The largest absolute Gasteiger partial charge is 0.417 e. The highest BCUT2D eigenvalue weighted by molar-refractivity contribution is 5.90. The number of rotatable bonds is 7. The summed E-state index contributed by atoms with van der Waals surface area (Å²) in [5.41, 5.74) is 3.10. The molecule has 4 rings (SSSR count). The standard InChI is InChI=1S/C14H22N4O3.C10H11NO.C8H16O.C4H10/c1-10-7-15-12(19)9-17(2)13(20)8-16-14(21)11-5-3-4-6-18(10)11;1-8-7-11(12-2)10-6-4-3-5-9(8)10;1-3-5-6-7-8(9)4-2;1-3-4-2/h11H,1,3-9H2,2H3,(H,15,19)(H,16,21);3-7H,1-2H3;3-7H2,1-2H3;3-4H2,1-2H3. The first-order valence-corrected chi connectivity index (χ1v) is 16.9. The molecule has 258 valence electrons. The second-order valence-corrected chi connectivity index (χ2v) is 11.7. The van der Waals surface area contributed by atoms with Gasteiger partial charge in [-0.1, -0.05) is 78.2 Å². The number of aromatic nitrogens is 1. The highest BCUT2D eigenvalue weighted by Crippen LogP contribution is 2.21. The molecule has 0 spiro atoms. The first-order chi connectivity index (χ1) is 22.0. The lowest BCUT2D eigenvalue weighted by Gasteiger charge is -2.38. The first kappa shape index (κ1) is 40.2. The molecule has 2 aliphatic rings. The van der Waals surface area contributed by atoms with Crippen LogP contribution >= 0.6 is 0 Å². The maximum atomic E-state index is 12.3. The second-order valence-electron chi connectivity index (χ2n) is 11.7. The number of fused-ring (bicyclic) bond motifs is 2. The molecule has 10 nitrogen and oxygen atoms in total. The Kier molecular flexibility index (Phi) is 19.8. The lowest BCUT2D eigenvalue weighted by atomic mass is 10.0. The van der Waals surface area contributed by atoms with Crippen molar-refractivity contribution in [1.29, 1.82) is 0 Å². The smallest absolute Gasteiger partial charge is 0.243 e. The summed E-state index contributed by atoms with van der Waals surface area (Å²) in [5.74, 6) is -0.249. The summed E-state index contributed by atoms with van der Waals surface area (Å²) < 4.78 is 1.78. The maximum Gasteiger partial charge on any atom is 0.243 e. The van der Waals surface area contributed by atoms with E-state index in [9.17, 15) is 19.2 Å². The Hall–Kier alpha value is -3.82. The number of para-hydroxylation sites is 1. The van der Waals surface area contributed by atoms with Crippen LogP contribution in [0.5, 0.6) is 0 Å². The number of ketones is 1. The van der Waals surface area contributed by atoms with Gasteiger partial charge in [0.2, 0.25) is 17.7 Å². The second kappa shape index (κ2) is 22.6. The summed E-state index contributed by atoms with van der Waals surface area (Å²) >= 11 is 0. The van der Waals surface area contributed by atoms with E-state index in [4.69, 9.17) is 4.84 Å². The number of carbonyl (C=O) groups excluding carboxylic acids is 4. The number of amides is 3. The molecule has 3 amide bonds. The highest BCUT2D eigenvalue weighted by Gasteiger charge is 2.30. The lowest BCUT2D eigenvalue weighted by molar-refractivity contribution is -0.136.